The van der Waals surface area contributed by atoms with Crippen LogP contribution in [0.5, 0.6) is 5.75 Å². The van der Waals surface area contributed by atoms with Gasteiger partial charge in [-0.15, -0.1) is 0 Å². The van der Waals surface area contributed by atoms with Gasteiger partial charge in [-0.1, -0.05) is 23.7 Å². The fraction of sp³-hybridized carbons (Fsp3) is 0.222. The van der Waals surface area contributed by atoms with Crippen molar-refractivity contribution in [3.63, 3.8) is 0 Å². The molecule has 24 heavy (non-hydrogen) atoms. The van der Waals surface area contributed by atoms with E-state index in [0.717, 1.165) is 27.9 Å². The first-order valence-electron chi connectivity index (χ1n) is 7.60. The number of benzene rings is 1. The lowest BCUT2D eigenvalue weighted by atomic mass is 10.1. The number of nitrogens with zero attached hydrogens (tertiary/aromatic N) is 2. The third kappa shape index (κ3) is 3.51. The van der Waals surface area contributed by atoms with Crippen LogP contribution in [-0.4, -0.2) is 41.5 Å². The highest BCUT2D eigenvalue weighted by Crippen LogP contribution is 2.30. The zero-order valence-corrected chi connectivity index (χ0v) is 14.3. The Labute approximate surface area is 145 Å². The summed E-state index contributed by atoms with van der Waals surface area (Å²) < 4.78 is 5.62. The lowest BCUT2D eigenvalue weighted by Crippen LogP contribution is -2.23. The fourth-order valence-corrected chi connectivity index (χ4v) is 2.59. The van der Waals surface area contributed by atoms with E-state index in [1.807, 2.05) is 36.5 Å². The summed E-state index contributed by atoms with van der Waals surface area (Å²) in [6.07, 6.45) is 3.90. The highest BCUT2D eigenvalue weighted by atomic mass is 35.5. The second-order valence-electron chi connectivity index (χ2n) is 5.66. The van der Waals surface area contributed by atoms with E-state index in [2.05, 4.69) is 9.97 Å². The normalized spacial score (nSPS) is 10.8. The van der Waals surface area contributed by atoms with Gasteiger partial charge in [0.25, 0.3) is 0 Å². The van der Waals surface area contributed by atoms with Gasteiger partial charge in [0, 0.05) is 37.4 Å². The van der Waals surface area contributed by atoms with Crippen molar-refractivity contribution in [2.45, 2.75) is 6.42 Å². The number of ether oxygens (including phenoxy) is 1. The SMILES string of the molecule is CN(C)C(=O)CCOc1ccc(-c2c[nH]c3ncc(Cl)cc23)cc1. The second-order valence-corrected chi connectivity index (χ2v) is 6.10. The Morgan fingerprint density at radius 2 is 2.04 bits per heavy atom. The maximum absolute atomic E-state index is 11.5. The number of aromatic amines is 1. The molecule has 0 atom stereocenters. The molecule has 5 nitrogen and oxygen atoms in total. The molecular weight excluding hydrogens is 326 g/mol. The molecule has 124 valence electrons. The van der Waals surface area contributed by atoms with Crippen molar-refractivity contribution in [3.05, 3.63) is 47.7 Å². The van der Waals surface area contributed by atoms with Gasteiger partial charge in [0.2, 0.25) is 5.91 Å². The lowest BCUT2D eigenvalue weighted by Gasteiger charge is -2.11. The minimum absolute atomic E-state index is 0.0507. The van der Waals surface area contributed by atoms with Gasteiger partial charge >= 0.3 is 0 Å². The van der Waals surface area contributed by atoms with Gasteiger partial charge in [-0.05, 0) is 23.8 Å². The van der Waals surface area contributed by atoms with Gasteiger partial charge in [0.1, 0.15) is 11.4 Å². The number of carbonyl (C=O) groups is 1. The Hall–Kier alpha value is -2.53. The van der Waals surface area contributed by atoms with E-state index in [9.17, 15) is 4.79 Å². The summed E-state index contributed by atoms with van der Waals surface area (Å²) in [6, 6.07) is 9.64. The molecule has 1 N–H and O–H groups in total. The first-order valence-corrected chi connectivity index (χ1v) is 7.98. The van der Waals surface area contributed by atoms with Crippen molar-refractivity contribution in [1.82, 2.24) is 14.9 Å². The Balaban J connectivity index is 1.72. The highest BCUT2D eigenvalue weighted by molar-refractivity contribution is 6.31. The van der Waals surface area contributed by atoms with E-state index >= 15 is 0 Å². The van der Waals surface area contributed by atoms with Crippen LogP contribution >= 0.6 is 11.6 Å². The van der Waals surface area contributed by atoms with Gasteiger partial charge in [0.05, 0.1) is 18.1 Å². The average Bonchev–Trinajstić information content (AvgIpc) is 2.98. The van der Waals surface area contributed by atoms with Crippen LogP contribution in [0.15, 0.2) is 42.7 Å². The molecule has 6 heteroatoms. The predicted molar refractivity (Wildman–Crippen MR) is 95.3 cm³/mol. The number of halogens is 1. The first kappa shape index (κ1) is 16.3. The number of amides is 1. The topological polar surface area (TPSA) is 58.2 Å². The quantitative estimate of drug-likeness (QED) is 0.767. The number of H-pyrrole nitrogens is 1. The number of carbonyl (C=O) groups excluding carboxylic acids is 1. The molecule has 0 unspecified atom stereocenters. The van der Waals surface area contributed by atoms with E-state index in [4.69, 9.17) is 16.3 Å². The van der Waals surface area contributed by atoms with Crippen LogP contribution in [0.2, 0.25) is 5.02 Å². The average molecular weight is 344 g/mol. The smallest absolute Gasteiger partial charge is 0.225 e. The molecule has 3 rings (SSSR count). The minimum Gasteiger partial charge on any atom is -0.493 e. The number of aromatic nitrogens is 2. The maximum Gasteiger partial charge on any atom is 0.225 e. The third-order valence-corrected chi connectivity index (χ3v) is 3.95. The molecule has 2 aromatic heterocycles. The molecule has 0 saturated heterocycles. The van der Waals surface area contributed by atoms with Gasteiger partial charge < -0.3 is 14.6 Å². The Bertz CT molecular complexity index is 856. The van der Waals surface area contributed by atoms with Crippen LogP contribution < -0.4 is 4.74 Å². The number of pyridine rings is 1. The number of nitrogens with one attached hydrogen (secondary N) is 1. The van der Waals surface area contributed by atoms with E-state index < -0.39 is 0 Å². The first-order chi connectivity index (χ1) is 11.5. The van der Waals surface area contributed by atoms with Crippen molar-refractivity contribution < 1.29 is 9.53 Å². The summed E-state index contributed by atoms with van der Waals surface area (Å²) in [7, 11) is 3.47. The third-order valence-electron chi connectivity index (χ3n) is 3.75. The van der Waals surface area contributed by atoms with Crippen molar-refractivity contribution in [2.75, 3.05) is 20.7 Å². The summed E-state index contributed by atoms with van der Waals surface area (Å²) >= 11 is 6.04. The molecule has 0 spiro atoms. The van der Waals surface area contributed by atoms with Crippen molar-refractivity contribution in [1.29, 1.82) is 0 Å². The van der Waals surface area contributed by atoms with Crippen LogP contribution in [0.25, 0.3) is 22.2 Å². The molecule has 1 aromatic carbocycles. The molecule has 2 heterocycles. The zero-order chi connectivity index (χ0) is 17.1. The summed E-state index contributed by atoms with van der Waals surface area (Å²) in [6.45, 7) is 0.364. The van der Waals surface area contributed by atoms with Crippen LogP contribution in [0, 0.1) is 0 Å². The van der Waals surface area contributed by atoms with Crippen molar-refractivity contribution >= 4 is 28.5 Å². The monoisotopic (exact) mass is 343 g/mol. The molecule has 0 aliphatic rings. The fourth-order valence-electron chi connectivity index (χ4n) is 2.43. The van der Waals surface area contributed by atoms with Gasteiger partial charge in [-0.2, -0.15) is 0 Å². The zero-order valence-electron chi connectivity index (χ0n) is 13.5. The maximum atomic E-state index is 11.5. The van der Waals surface area contributed by atoms with Crippen LogP contribution in [0.4, 0.5) is 0 Å². The summed E-state index contributed by atoms with van der Waals surface area (Å²) in [4.78, 5) is 20.5. The lowest BCUT2D eigenvalue weighted by molar-refractivity contribution is -0.129. The minimum atomic E-state index is 0.0507. The molecule has 0 saturated carbocycles. The van der Waals surface area contributed by atoms with E-state index in [1.54, 1.807) is 25.2 Å². The van der Waals surface area contributed by atoms with E-state index in [0.29, 0.717) is 18.1 Å². The largest absolute Gasteiger partial charge is 0.493 e. The number of rotatable bonds is 5. The Morgan fingerprint density at radius 1 is 1.29 bits per heavy atom. The number of hydrogen-bond donors (Lipinski definition) is 1. The Kier molecular flexibility index (Phi) is 4.71. The van der Waals surface area contributed by atoms with Crippen molar-refractivity contribution in [3.8, 4) is 16.9 Å². The van der Waals surface area contributed by atoms with Crippen LogP contribution in [0.1, 0.15) is 6.42 Å². The van der Waals surface area contributed by atoms with Gasteiger partial charge in [0.15, 0.2) is 0 Å². The molecule has 0 aliphatic carbocycles. The predicted octanol–water partition coefficient (Wildman–Crippen LogP) is 3.74. The number of hydrogen-bond acceptors (Lipinski definition) is 3. The molecule has 0 bridgehead atoms. The number of fused-ring (bicyclic) bond motifs is 1. The van der Waals surface area contributed by atoms with Crippen molar-refractivity contribution in [2.24, 2.45) is 0 Å². The standard InChI is InChI=1S/C18H18ClN3O2/c1-22(2)17(23)7-8-24-14-5-3-12(4-6-14)16-11-21-18-15(16)9-13(19)10-20-18/h3-6,9-11H,7-8H2,1-2H3,(H,20,21). The van der Waals surface area contributed by atoms with Gasteiger partial charge in [-0.3, -0.25) is 4.79 Å². The molecule has 3 aromatic rings. The molecule has 0 aliphatic heterocycles. The van der Waals surface area contributed by atoms with E-state index in [1.165, 1.54) is 0 Å². The second kappa shape index (κ2) is 6.93. The van der Waals surface area contributed by atoms with Crippen LogP contribution in [0.3, 0.4) is 0 Å². The molecule has 0 radical (unpaired) electrons. The highest BCUT2D eigenvalue weighted by Gasteiger charge is 2.08. The summed E-state index contributed by atoms with van der Waals surface area (Å²) in [5.41, 5.74) is 2.88. The molecule has 1 amide bonds. The molecule has 0 fully saturated rings. The van der Waals surface area contributed by atoms with Crippen LogP contribution in [-0.2, 0) is 4.79 Å². The Morgan fingerprint density at radius 3 is 2.75 bits per heavy atom. The van der Waals surface area contributed by atoms with Gasteiger partial charge in [-0.25, -0.2) is 4.98 Å². The molecular formula is C18H18ClN3O2. The summed E-state index contributed by atoms with van der Waals surface area (Å²) in [5.74, 6) is 0.788. The summed E-state index contributed by atoms with van der Waals surface area (Å²) in [5, 5.41) is 1.58. The van der Waals surface area contributed by atoms with E-state index in [-0.39, 0.29) is 5.91 Å².